The Balaban J connectivity index is 2.27. The lowest BCUT2D eigenvalue weighted by molar-refractivity contribution is 0.111. The highest BCUT2D eigenvalue weighted by Gasteiger charge is 2.19. The van der Waals surface area contributed by atoms with Crippen molar-refractivity contribution in [3.05, 3.63) is 47.3 Å². The van der Waals surface area contributed by atoms with Crippen molar-refractivity contribution in [2.45, 2.75) is 20.0 Å². The van der Waals surface area contributed by atoms with Crippen molar-refractivity contribution < 1.29 is 23.7 Å². The van der Waals surface area contributed by atoms with Gasteiger partial charge in [0, 0.05) is 30.0 Å². The van der Waals surface area contributed by atoms with Crippen molar-refractivity contribution >= 4 is 11.8 Å². The first-order valence-corrected chi connectivity index (χ1v) is 8.92. The Hall–Kier alpha value is -2.99. The Morgan fingerprint density at radius 3 is 2.07 bits per heavy atom. The zero-order valence-electron chi connectivity index (χ0n) is 17.0. The SMILES string of the molecule is COc1cc(-c2cc3cc(C=O)c(C)c(C(C)OC)n3c2)cc(OC)c1OC. The second kappa shape index (κ2) is 7.94. The smallest absolute Gasteiger partial charge is 0.203 e. The van der Waals surface area contributed by atoms with E-state index in [-0.39, 0.29) is 6.10 Å². The van der Waals surface area contributed by atoms with Crippen LogP contribution in [0.15, 0.2) is 30.5 Å². The maximum atomic E-state index is 11.6. The molecule has 0 aliphatic heterocycles. The summed E-state index contributed by atoms with van der Waals surface area (Å²) in [5.74, 6) is 1.72. The van der Waals surface area contributed by atoms with Gasteiger partial charge in [0.2, 0.25) is 5.75 Å². The molecule has 6 nitrogen and oxygen atoms in total. The van der Waals surface area contributed by atoms with Crippen LogP contribution >= 0.6 is 0 Å². The number of ether oxygens (including phenoxy) is 4. The van der Waals surface area contributed by atoms with Crippen LogP contribution in [0.5, 0.6) is 17.2 Å². The van der Waals surface area contributed by atoms with Gasteiger partial charge in [-0.3, -0.25) is 4.79 Å². The van der Waals surface area contributed by atoms with Crippen LogP contribution in [0.3, 0.4) is 0 Å². The van der Waals surface area contributed by atoms with Crippen LogP contribution in [0.2, 0.25) is 0 Å². The van der Waals surface area contributed by atoms with Crippen molar-refractivity contribution in [2.75, 3.05) is 28.4 Å². The van der Waals surface area contributed by atoms with Gasteiger partial charge in [-0.05, 0) is 49.2 Å². The molecule has 0 N–H and O–H groups in total. The highest BCUT2D eigenvalue weighted by molar-refractivity contribution is 5.83. The molecule has 1 aromatic carbocycles. The Kier molecular flexibility index (Phi) is 5.61. The quantitative estimate of drug-likeness (QED) is 0.564. The third-order valence-electron chi connectivity index (χ3n) is 5.09. The average Bonchev–Trinajstić information content (AvgIpc) is 3.14. The number of aromatic nitrogens is 1. The molecule has 0 aliphatic rings. The Bertz CT molecular complexity index is 996. The van der Waals surface area contributed by atoms with Crippen molar-refractivity contribution in [1.82, 2.24) is 4.40 Å². The summed E-state index contributed by atoms with van der Waals surface area (Å²) in [6.07, 6.45) is 2.75. The van der Waals surface area contributed by atoms with E-state index >= 15 is 0 Å². The lowest BCUT2D eigenvalue weighted by Gasteiger charge is -2.17. The van der Waals surface area contributed by atoms with Crippen molar-refractivity contribution in [3.63, 3.8) is 0 Å². The third kappa shape index (κ3) is 3.20. The summed E-state index contributed by atoms with van der Waals surface area (Å²) < 4.78 is 24.0. The van der Waals surface area contributed by atoms with Crippen LogP contribution in [-0.2, 0) is 4.74 Å². The summed E-state index contributed by atoms with van der Waals surface area (Å²) >= 11 is 0. The fourth-order valence-electron chi connectivity index (χ4n) is 3.54. The van der Waals surface area contributed by atoms with Crippen LogP contribution in [0.25, 0.3) is 16.6 Å². The second-order valence-corrected chi connectivity index (χ2v) is 6.54. The van der Waals surface area contributed by atoms with Gasteiger partial charge in [0.05, 0.1) is 33.1 Å². The lowest BCUT2D eigenvalue weighted by atomic mass is 10.0. The van der Waals surface area contributed by atoms with E-state index in [1.54, 1.807) is 28.4 Å². The highest BCUT2D eigenvalue weighted by Crippen LogP contribution is 2.42. The minimum Gasteiger partial charge on any atom is -0.493 e. The maximum Gasteiger partial charge on any atom is 0.203 e. The molecule has 0 aliphatic carbocycles. The molecule has 0 saturated carbocycles. The molecule has 2 heterocycles. The molecule has 28 heavy (non-hydrogen) atoms. The van der Waals surface area contributed by atoms with Gasteiger partial charge in [0.15, 0.2) is 11.5 Å². The Morgan fingerprint density at radius 1 is 0.929 bits per heavy atom. The minimum atomic E-state index is -0.164. The number of aldehydes is 1. The fraction of sp³-hybridized carbons (Fsp3) is 0.318. The third-order valence-corrected chi connectivity index (χ3v) is 5.09. The average molecular weight is 383 g/mol. The van der Waals surface area contributed by atoms with Gasteiger partial charge in [0.25, 0.3) is 0 Å². The number of pyridine rings is 1. The number of carbonyl (C=O) groups is 1. The van der Waals surface area contributed by atoms with Gasteiger partial charge in [-0.25, -0.2) is 0 Å². The van der Waals surface area contributed by atoms with Gasteiger partial charge in [-0.2, -0.15) is 0 Å². The summed E-state index contributed by atoms with van der Waals surface area (Å²) in [6, 6.07) is 7.72. The normalized spacial score (nSPS) is 12.1. The summed E-state index contributed by atoms with van der Waals surface area (Å²) in [5.41, 5.74) is 5.30. The summed E-state index contributed by atoms with van der Waals surface area (Å²) in [7, 11) is 6.42. The molecule has 0 amide bonds. The molecule has 3 rings (SSSR count). The number of benzene rings is 1. The maximum absolute atomic E-state index is 11.6. The van der Waals surface area contributed by atoms with E-state index in [9.17, 15) is 4.79 Å². The molecule has 2 aromatic heterocycles. The van der Waals surface area contributed by atoms with Crippen LogP contribution in [-0.4, -0.2) is 39.1 Å². The van der Waals surface area contributed by atoms with E-state index in [2.05, 4.69) is 4.40 Å². The number of carbonyl (C=O) groups excluding carboxylic acids is 1. The van der Waals surface area contributed by atoms with Crippen LogP contribution in [0, 0.1) is 6.92 Å². The number of fused-ring (bicyclic) bond motifs is 1. The summed E-state index contributed by atoms with van der Waals surface area (Å²) in [4.78, 5) is 11.6. The molecule has 0 bridgehead atoms. The first kappa shape index (κ1) is 19.8. The Labute approximate surface area is 164 Å². The number of nitrogens with zero attached hydrogens (tertiary/aromatic N) is 1. The topological polar surface area (TPSA) is 58.4 Å². The summed E-state index contributed by atoms with van der Waals surface area (Å²) in [5, 5.41) is 0. The van der Waals surface area contributed by atoms with Crippen molar-refractivity contribution in [2.24, 2.45) is 0 Å². The van der Waals surface area contributed by atoms with Gasteiger partial charge < -0.3 is 23.3 Å². The minimum absolute atomic E-state index is 0.164. The van der Waals surface area contributed by atoms with E-state index in [0.29, 0.717) is 22.8 Å². The molecule has 0 saturated heterocycles. The number of methoxy groups -OCH3 is 4. The fourth-order valence-corrected chi connectivity index (χ4v) is 3.54. The largest absolute Gasteiger partial charge is 0.493 e. The zero-order valence-corrected chi connectivity index (χ0v) is 17.0. The monoisotopic (exact) mass is 383 g/mol. The molecule has 1 atom stereocenters. The van der Waals surface area contributed by atoms with E-state index in [4.69, 9.17) is 18.9 Å². The standard InChI is InChI=1S/C22H25NO5/c1-13-17(12-24)8-18-7-16(11-23(18)21(13)14(2)25-3)15-9-19(26-4)22(28-6)20(10-15)27-5/h7-12,14H,1-6H3. The molecule has 148 valence electrons. The lowest BCUT2D eigenvalue weighted by Crippen LogP contribution is -2.08. The second-order valence-electron chi connectivity index (χ2n) is 6.54. The molecule has 3 aromatic rings. The van der Waals surface area contributed by atoms with Gasteiger partial charge >= 0.3 is 0 Å². The highest BCUT2D eigenvalue weighted by atomic mass is 16.5. The van der Waals surface area contributed by atoms with E-state index < -0.39 is 0 Å². The van der Waals surface area contributed by atoms with E-state index in [1.807, 2.05) is 44.3 Å². The molecule has 0 radical (unpaired) electrons. The molecule has 1 unspecified atom stereocenters. The van der Waals surface area contributed by atoms with Crippen LogP contribution < -0.4 is 14.2 Å². The first-order valence-electron chi connectivity index (χ1n) is 8.92. The van der Waals surface area contributed by atoms with Crippen molar-refractivity contribution in [3.8, 4) is 28.4 Å². The molecule has 0 fully saturated rings. The van der Waals surface area contributed by atoms with Gasteiger partial charge in [-0.1, -0.05) is 0 Å². The number of rotatable bonds is 7. The van der Waals surface area contributed by atoms with Crippen molar-refractivity contribution in [1.29, 1.82) is 0 Å². The summed E-state index contributed by atoms with van der Waals surface area (Å²) in [6.45, 7) is 3.91. The first-order chi connectivity index (χ1) is 13.5. The van der Waals surface area contributed by atoms with Gasteiger partial charge in [-0.15, -0.1) is 0 Å². The molecule has 6 heteroatoms. The van der Waals surface area contributed by atoms with E-state index in [1.165, 1.54) is 0 Å². The van der Waals surface area contributed by atoms with Crippen LogP contribution in [0.4, 0.5) is 0 Å². The predicted octanol–water partition coefficient (Wildman–Crippen LogP) is 4.46. The molecule has 0 spiro atoms. The van der Waals surface area contributed by atoms with Crippen LogP contribution in [0.1, 0.15) is 34.6 Å². The molecular weight excluding hydrogens is 358 g/mol. The number of hydrogen-bond acceptors (Lipinski definition) is 5. The number of hydrogen-bond donors (Lipinski definition) is 0. The van der Waals surface area contributed by atoms with Gasteiger partial charge in [0.1, 0.15) is 6.29 Å². The van der Waals surface area contributed by atoms with E-state index in [0.717, 1.165) is 34.2 Å². The molecular formula is C22H25NO5. The predicted molar refractivity (Wildman–Crippen MR) is 108 cm³/mol. The zero-order chi connectivity index (χ0) is 20.4. The Morgan fingerprint density at radius 2 is 1.57 bits per heavy atom.